The first kappa shape index (κ1) is 9.89. The van der Waals surface area contributed by atoms with Crippen molar-refractivity contribution < 1.29 is 18.3 Å². The molecule has 5 heteroatoms. The van der Waals surface area contributed by atoms with E-state index in [1.807, 2.05) is 0 Å². The number of halogens is 3. The zero-order chi connectivity index (χ0) is 11.2. The van der Waals surface area contributed by atoms with Crippen LogP contribution in [0.4, 0.5) is 13.2 Å². The van der Waals surface area contributed by atoms with Crippen LogP contribution in [-0.4, -0.2) is 9.67 Å². The van der Waals surface area contributed by atoms with E-state index in [0.717, 1.165) is 10.6 Å². The summed E-state index contributed by atoms with van der Waals surface area (Å²) in [6.07, 6.45) is -4.37. The topological polar surface area (TPSA) is 25.2 Å². The average molecular weight is 215 g/mol. The average Bonchev–Trinajstić information content (AvgIpc) is 2.42. The summed E-state index contributed by atoms with van der Waals surface area (Å²) in [7, 11) is 1.35. The lowest BCUT2D eigenvalue weighted by Gasteiger charge is -2.07. The Morgan fingerprint density at radius 2 is 1.87 bits per heavy atom. The van der Waals surface area contributed by atoms with Crippen molar-refractivity contribution in [2.75, 3.05) is 0 Å². The van der Waals surface area contributed by atoms with Gasteiger partial charge in [0, 0.05) is 18.0 Å². The molecule has 0 amide bonds. The van der Waals surface area contributed by atoms with E-state index in [0.29, 0.717) is 10.9 Å². The van der Waals surface area contributed by atoms with Crippen LogP contribution >= 0.6 is 0 Å². The molecule has 15 heavy (non-hydrogen) atoms. The van der Waals surface area contributed by atoms with Gasteiger partial charge in [0.2, 0.25) is 0 Å². The first-order valence-corrected chi connectivity index (χ1v) is 4.25. The zero-order valence-electron chi connectivity index (χ0n) is 7.84. The summed E-state index contributed by atoms with van der Waals surface area (Å²) in [4.78, 5) is 0. The van der Waals surface area contributed by atoms with E-state index in [-0.39, 0.29) is 5.75 Å². The van der Waals surface area contributed by atoms with E-state index in [1.165, 1.54) is 25.2 Å². The maximum atomic E-state index is 12.5. The van der Waals surface area contributed by atoms with Crippen molar-refractivity contribution in [1.29, 1.82) is 0 Å². The summed E-state index contributed by atoms with van der Waals surface area (Å²) in [6, 6.07) is 5.15. The summed E-state index contributed by atoms with van der Waals surface area (Å²) < 4.78 is 38.6. The first-order valence-electron chi connectivity index (χ1n) is 4.25. The van der Waals surface area contributed by atoms with Crippen LogP contribution in [0, 0.1) is 0 Å². The number of rotatable bonds is 0. The van der Waals surface area contributed by atoms with Gasteiger partial charge in [0.15, 0.2) is 0 Å². The molecule has 0 fully saturated rings. The molecule has 0 radical (unpaired) electrons. The van der Waals surface area contributed by atoms with Crippen molar-refractivity contribution in [2.24, 2.45) is 7.05 Å². The van der Waals surface area contributed by atoms with Crippen LogP contribution in [0.3, 0.4) is 0 Å². The lowest BCUT2D eigenvalue weighted by Crippen LogP contribution is -2.10. The second-order valence-corrected chi connectivity index (χ2v) is 3.33. The van der Waals surface area contributed by atoms with Crippen LogP contribution in [0.1, 0.15) is 5.69 Å². The molecule has 0 aliphatic rings. The van der Waals surface area contributed by atoms with Gasteiger partial charge in [0.05, 0.1) is 0 Å². The zero-order valence-corrected chi connectivity index (χ0v) is 7.84. The van der Waals surface area contributed by atoms with E-state index in [4.69, 9.17) is 5.11 Å². The highest BCUT2D eigenvalue weighted by atomic mass is 19.4. The number of hydrogen-bond donors (Lipinski definition) is 1. The van der Waals surface area contributed by atoms with Crippen LogP contribution in [0.5, 0.6) is 5.75 Å². The number of fused-ring (bicyclic) bond motifs is 1. The summed E-state index contributed by atoms with van der Waals surface area (Å²) in [6.45, 7) is 0. The fourth-order valence-electron chi connectivity index (χ4n) is 1.61. The number of hydrogen-bond acceptors (Lipinski definition) is 1. The Hall–Kier alpha value is -1.65. The van der Waals surface area contributed by atoms with Gasteiger partial charge in [-0.3, -0.25) is 0 Å². The molecular weight excluding hydrogens is 207 g/mol. The van der Waals surface area contributed by atoms with Gasteiger partial charge in [-0.1, -0.05) is 0 Å². The normalized spacial score (nSPS) is 12.3. The third-order valence-electron chi connectivity index (χ3n) is 2.32. The largest absolute Gasteiger partial charge is 0.508 e. The summed E-state index contributed by atoms with van der Waals surface area (Å²) in [5.41, 5.74) is -0.275. The van der Waals surface area contributed by atoms with Crippen LogP contribution in [0.15, 0.2) is 24.3 Å². The third kappa shape index (κ3) is 1.54. The molecule has 0 saturated carbocycles. The Labute approximate surface area is 83.6 Å². The number of phenolic OH excluding ortho intramolecular Hbond substituents is 1. The van der Waals surface area contributed by atoms with E-state index >= 15 is 0 Å². The molecule has 1 aromatic carbocycles. The van der Waals surface area contributed by atoms with Crippen molar-refractivity contribution in [3.05, 3.63) is 30.0 Å². The summed E-state index contributed by atoms with van der Waals surface area (Å²) in [5.74, 6) is -0.0400. The second kappa shape index (κ2) is 2.92. The van der Waals surface area contributed by atoms with Crippen LogP contribution in [0.2, 0.25) is 0 Å². The minimum absolute atomic E-state index is 0.0400. The van der Waals surface area contributed by atoms with Gasteiger partial charge >= 0.3 is 6.18 Å². The maximum Gasteiger partial charge on any atom is 0.431 e. The highest BCUT2D eigenvalue weighted by Crippen LogP contribution is 2.34. The molecule has 0 spiro atoms. The van der Waals surface area contributed by atoms with Gasteiger partial charge < -0.3 is 9.67 Å². The molecule has 1 heterocycles. The minimum Gasteiger partial charge on any atom is -0.508 e. The quantitative estimate of drug-likeness (QED) is 0.718. The summed E-state index contributed by atoms with van der Waals surface area (Å²) >= 11 is 0. The SMILES string of the molecule is Cn1c(C(F)(F)F)cc2cc(O)ccc21. The lowest BCUT2D eigenvalue weighted by atomic mass is 10.2. The predicted molar refractivity (Wildman–Crippen MR) is 49.6 cm³/mol. The van der Waals surface area contributed by atoms with E-state index in [9.17, 15) is 13.2 Å². The molecule has 2 rings (SSSR count). The second-order valence-electron chi connectivity index (χ2n) is 3.33. The lowest BCUT2D eigenvalue weighted by molar-refractivity contribution is -0.142. The van der Waals surface area contributed by atoms with Crippen molar-refractivity contribution in [2.45, 2.75) is 6.18 Å². The van der Waals surface area contributed by atoms with Crippen LogP contribution in [-0.2, 0) is 13.2 Å². The molecule has 1 aromatic heterocycles. The Balaban J connectivity index is 2.75. The molecule has 2 nitrogen and oxygen atoms in total. The molecule has 80 valence electrons. The van der Waals surface area contributed by atoms with E-state index in [2.05, 4.69) is 0 Å². The van der Waals surface area contributed by atoms with Gasteiger partial charge in [-0.15, -0.1) is 0 Å². The fraction of sp³-hybridized carbons (Fsp3) is 0.200. The van der Waals surface area contributed by atoms with Crippen molar-refractivity contribution in [3.63, 3.8) is 0 Å². The Morgan fingerprint density at radius 1 is 1.20 bits per heavy atom. The van der Waals surface area contributed by atoms with Gasteiger partial charge in [-0.2, -0.15) is 13.2 Å². The van der Waals surface area contributed by atoms with Gasteiger partial charge in [0.1, 0.15) is 11.4 Å². The molecular formula is C10H8F3NO. The molecule has 0 saturated heterocycles. The van der Waals surface area contributed by atoms with Crippen LogP contribution < -0.4 is 0 Å². The standard InChI is InChI=1S/C10H8F3NO/c1-14-8-3-2-7(15)4-6(8)5-9(14)10(11,12)13/h2-5,15H,1H3. The predicted octanol–water partition coefficient (Wildman–Crippen LogP) is 2.90. The third-order valence-corrected chi connectivity index (χ3v) is 2.32. The maximum absolute atomic E-state index is 12.5. The highest BCUT2D eigenvalue weighted by molar-refractivity contribution is 5.82. The Bertz CT molecular complexity index is 513. The number of aromatic nitrogens is 1. The van der Waals surface area contributed by atoms with Gasteiger partial charge in [-0.05, 0) is 24.3 Å². The highest BCUT2D eigenvalue weighted by Gasteiger charge is 2.34. The molecule has 0 aliphatic heterocycles. The molecule has 1 N–H and O–H groups in total. The van der Waals surface area contributed by atoms with Crippen molar-refractivity contribution in [1.82, 2.24) is 4.57 Å². The number of alkyl halides is 3. The number of nitrogens with zero attached hydrogens (tertiary/aromatic N) is 1. The van der Waals surface area contributed by atoms with E-state index < -0.39 is 11.9 Å². The van der Waals surface area contributed by atoms with Crippen molar-refractivity contribution >= 4 is 10.9 Å². The number of aryl methyl sites for hydroxylation is 1. The number of aromatic hydroxyl groups is 1. The van der Waals surface area contributed by atoms with Crippen LogP contribution in [0.25, 0.3) is 10.9 Å². The molecule has 0 bridgehead atoms. The summed E-state index contributed by atoms with van der Waals surface area (Å²) in [5, 5.41) is 9.52. The molecule has 0 atom stereocenters. The first-order chi connectivity index (χ1) is 6.89. The minimum atomic E-state index is -4.37. The van der Waals surface area contributed by atoms with Crippen molar-refractivity contribution in [3.8, 4) is 5.75 Å². The number of benzene rings is 1. The van der Waals surface area contributed by atoms with Gasteiger partial charge in [-0.25, -0.2) is 0 Å². The van der Waals surface area contributed by atoms with E-state index in [1.54, 1.807) is 0 Å². The monoisotopic (exact) mass is 215 g/mol. The van der Waals surface area contributed by atoms with Gasteiger partial charge in [0.25, 0.3) is 0 Å². The Kier molecular flexibility index (Phi) is 1.92. The fourth-order valence-corrected chi connectivity index (χ4v) is 1.61. The Morgan fingerprint density at radius 3 is 2.47 bits per heavy atom. The smallest absolute Gasteiger partial charge is 0.431 e. The number of phenols is 1. The molecule has 0 aliphatic carbocycles. The molecule has 0 unspecified atom stereocenters. The molecule has 2 aromatic rings.